The number of hydrogen-bond donors (Lipinski definition) is 1. The van der Waals surface area contributed by atoms with Crippen LogP contribution >= 0.6 is 0 Å². The molecule has 1 N–H and O–H groups in total. The SMILES string of the molecule is Cc1nn(-c2ccc(-c3noc(C4CCCC4)n3)cc2)cc1C(=O)Nc1cc(F)ccc1F. The quantitative estimate of drug-likeness (QED) is 0.440. The van der Waals surface area contributed by atoms with Crippen molar-refractivity contribution in [2.24, 2.45) is 0 Å². The average molecular weight is 449 g/mol. The molecule has 5 rings (SSSR count). The van der Waals surface area contributed by atoms with Crippen molar-refractivity contribution in [3.05, 3.63) is 77.4 Å². The molecule has 7 nitrogen and oxygen atoms in total. The normalized spacial score (nSPS) is 14.0. The van der Waals surface area contributed by atoms with Crippen LogP contribution in [0.15, 0.2) is 53.2 Å². The third-order valence-electron chi connectivity index (χ3n) is 5.86. The van der Waals surface area contributed by atoms with Crippen molar-refractivity contribution in [1.29, 1.82) is 0 Å². The second-order valence-electron chi connectivity index (χ2n) is 8.14. The molecule has 0 atom stereocenters. The number of rotatable bonds is 5. The summed E-state index contributed by atoms with van der Waals surface area (Å²) in [5.74, 6) is -0.356. The lowest BCUT2D eigenvalue weighted by Crippen LogP contribution is -2.13. The number of benzene rings is 2. The van der Waals surface area contributed by atoms with Crippen molar-refractivity contribution in [3.8, 4) is 17.1 Å². The summed E-state index contributed by atoms with van der Waals surface area (Å²) in [5.41, 5.74) is 2.01. The minimum Gasteiger partial charge on any atom is -0.339 e. The van der Waals surface area contributed by atoms with Gasteiger partial charge >= 0.3 is 0 Å². The molecule has 0 aliphatic heterocycles. The Morgan fingerprint density at radius 1 is 1.12 bits per heavy atom. The number of carbonyl (C=O) groups excluding carboxylic acids is 1. The van der Waals surface area contributed by atoms with Gasteiger partial charge in [0.05, 0.1) is 22.6 Å². The first-order valence-electron chi connectivity index (χ1n) is 10.7. The molecule has 0 spiro atoms. The molecule has 33 heavy (non-hydrogen) atoms. The number of carbonyl (C=O) groups is 1. The Morgan fingerprint density at radius 2 is 1.88 bits per heavy atom. The molecule has 0 bridgehead atoms. The third kappa shape index (κ3) is 4.26. The maximum absolute atomic E-state index is 13.9. The number of amides is 1. The van der Waals surface area contributed by atoms with E-state index in [9.17, 15) is 13.6 Å². The van der Waals surface area contributed by atoms with E-state index in [-0.39, 0.29) is 11.3 Å². The molecule has 1 fully saturated rings. The van der Waals surface area contributed by atoms with Gasteiger partial charge in [-0.2, -0.15) is 10.1 Å². The molecule has 1 saturated carbocycles. The summed E-state index contributed by atoms with van der Waals surface area (Å²) in [6.07, 6.45) is 6.10. The number of halogens is 2. The van der Waals surface area contributed by atoms with E-state index in [0.717, 1.165) is 42.3 Å². The van der Waals surface area contributed by atoms with Crippen molar-refractivity contribution < 1.29 is 18.1 Å². The number of hydrogen-bond acceptors (Lipinski definition) is 5. The maximum atomic E-state index is 13.9. The van der Waals surface area contributed by atoms with Gasteiger partial charge in [0, 0.05) is 23.7 Å². The summed E-state index contributed by atoms with van der Waals surface area (Å²) in [6.45, 7) is 1.67. The Morgan fingerprint density at radius 3 is 2.64 bits per heavy atom. The van der Waals surface area contributed by atoms with Crippen LogP contribution in [-0.2, 0) is 0 Å². The summed E-state index contributed by atoms with van der Waals surface area (Å²) in [4.78, 5) is 17.2. The minimum absolute atomic E-state index is 0.228. The zero-order valence-corrected chi connectivity index (χ0v) is 17.9. The number of anilines is 1. The fourth-order valence-electron chi connectivity index (χ4n) is 4.05. The molecule has 1 amide bonds. The predicted octanol–water partition coefficient (Wildman–Crippen LogP) is 5.42. The topological polar surface area (TPSA) is 85.8 Å². The monoisotopic (exact) mass is 449 g/mol. The Labute approximate surface area is 188 Å². The lowest BCUT2D eigenvalue weighted by atomic mass is 10.1. The van der Waals surface area contributed by atoms with Crippen molar-refractivity contribution in [1.82, 2.24) is 19.9 Å². The molecule has 1 aliphatic carbocycles. The fourth-order valence-corrected chi connectivity index (χ4v) is 4.05. The van der Waals surface area contributed by atoms with Gasteiger partial charge in [-0.15, -0.1) is 0 Å². The molecule has 168 valence electrons. The first-order valence-corrected chi connectivity index (χ1v) is 10.7. The highest BCUT2D eigenvalue weighted by Crippen LogP contribution is 2.34. The van der Waals surface area contributed by atoms with Crippen LogP contribution in [0.25, 0.3) is 17.1 Å². The highest BCUT2D eigenvalue weighted by Gasteiger charge is 2.23. The van der Waals surface area contributed by atoms with E-state index >= 15 is 0 Å². The van der Waals surface area contributed by atoms with Crippen molar-refractivity contribution >= 4 is 11.6 Å². The van der Waals surface area contributed by atoms with E-state index in [2.05, 4.69) is 20.6 Å². The summed E-state index contributed by atoms with van der Waals surface area (Å²) < 4.78 is 34.3. The maximum Gasteiger partial charge on any atom is 0.259 e. The van der Waals surface area contributed by atoms with Crippen LogP contribution in [0.5, 0.6) is 0 Å². The number of aromatic nitrogens is 4. The van der Waals surface area contributed by atoms with Gasteiger partial charge in [-0.3, -0.25) is 4.79 Å². The van der Waals surface area contributed by atoms with Gasteiger partial charge in [0.15, 0.2) is 0 Å². The molecule has 9 heteroatoms. The van der Waals surface area contributed by atoms with Crippen LogP contribution in [-0.4, -0.2) is 25.8 Å². The zero-order chi connectivity index (χ0) is 22.9. The third-order valence-corrected chi connectivity index (χ3v) is 5.86. The number of aryl methyl sites for hydroxylation is 1. The lowest BCUT2D eigenvalue weighted by Gasteiger charge is -2.05. The molecule has 4 aromatic rings. The van der Waals surface area contributed by atoms with E-state index in [0.29, 0.717) is 23.3 Å². The highest BCUT2D eigenvalue weighted by atomic mass is 19.1. The van der Waals surface area contributed by atoms with Crippen molar-refractivity contribution in [3.63, 3.8) is 0 Å². The second-order valence-corrected chi connectivity index (χ2v) is 8.14. The molecule has 2 aromatic carbocycles. The van der Waals surface area contributed by atoms with Crippen LogP contribution in [0.2, 0.25) is 0 Å². The van der Waals surface area contributed by atoms with Gasteiger partial charge in [-0.25, -0.2) is 13.5 Å². The van der Waals surface area contributed by atoms with E-state index < -0.39 is 17.5 Å². The van der Waals surface area contributed by atoms with E-state index in [1.807, 2.05) is 24.3 Å². The molecular formula is C24H21F2N5O2. The van der Waals surface area contributed by atoms with Gasteiger partial charge in [-0.1, -0.05) is 18.0 Å². The average Bonchev–Trinajstić information content (AvgIpc) is 3.57. The van der Waals surface area contributed by atoms with Crippen LogP contribution < -0.4 is 5.32 Å². The van der Waals surface area contributed by atoms with E-state index in [1.54, 1.807) is 17.8 Å². The van der Waals surface area contributed by atoms with Gasteiger partial charge in [0.25, 0.3) is 5.91 Å². The van der Waals surface area contributed by atoms with Gasteiger partial charge in [-0.05, 0) is 56.2 Å². The fraction of sp³-hybridized carbons (Fsp3) is 0.250. The first-order chi connectivity index (χ1) is 16.0. The minimum atomic E-state index is -0.720. The Bertz CT molecular complexity index is 1310. The smallest absolute Gasteiger partial charge is 0.259 e. The second kappa shape index (κ2) is 8.57. The number of nitrogens with one attached hydrogen (secondary N) is 1. The Kier molecular flexibility index (Phi) is 5.45. The molecule has 2 aromatic heterocycles. The van der Waals surface area contributed by atoms with E-state index in [1.165, 1.54) is 12.8 Å². The van der Waals surface area contributed by atoms with Gasteiger partial charge in [0.1, 0.15) is 11.6 Å². The molecular weight excluding hydrogens is 428 g/mol. The van der Waals surface area contributed by atoms with Gasteiger partial charge < -0.3 is 9.84 Å². The zero-order valence-electron chi connectivity index (χ0n) is 17.9. The van der Waals surface area contributed by atoms with E-state index in [4.69, 9.17) is 4.52 Å². The van der Waals surface area contributed by atoms with Crippen LogP contribution in [0.1, 0.15) is 53.5 Å². The Balaban J connectivity index is 1.33. The summed E-state index contributed by atoms with van der Waals surface area (Å²) >= 11 is 0. The highest BCUT2D eigenvalue weighted by molar-refractivity contribution is 6.05. The largest absolute Gasteiger partial charge is 0.339 e. The van der Waals surface area contributed by atoms with Gasteiger partial charge in [0.2, 0.25) is 11.7 Å². The molecule has 0 unspecified atom stereocenters. The molecule has 0 radical (unpaired) electrons. The molecule has 2 heterocycles. The molecule has 1 aliphatic rings. The van der Waals surface area contributed by atoms with Crippen molar-refractivity contribution in [2.75, 3.05) is 5.32 Å². The molecule has 0 saturated heterocycles. The standard InChI is InChI=1S/C24H21F2N5O2/c1-14-19(23(32)27-21-12-17(25)8-11-20(21)26)13-31(29-14)18-9-6-15(7-10-18)22-28-24(33-30-22)16-4-2-3-5-16/h6-13,16H,2-5H2,1H3,(H,27,32). The predicted molar refractivity (Wildman–Crippen MR) is 117 cm³/mol. The lowest BCUT2D eigenvalue weighted by molar-refractivity contribution is 0.102. The van der Waals surface area contributed by atoms with Crippen LogP contribution in [0.4, 0.5) is 14.5 Å². The summed E-state index contributed by atoms with van der Waals surface area (Å²) in [5, 5.41) is 10.9. The summed E-state index contributed by atoms with van der Waals surface area (Å²) in [7, 11) is 0. The van der Waals surface area contributed by atoms with Crippen molar-refractivity contribution in [2.45, 2.75) is 38.5 Å². The van der Waals surface area contributed by atoms with Crippen LogP contribution in [0.3, 0.4) is 0 Å². The summed E-state index contributed by atoms with van der Waals surface area (Å²) in [6, 6.07) is 10.3. The Hall–Kier alpha value is -3.88. The van der Waals surface area contributed by atoms with Crippen LogP contribution in [0, 0.1) is 18.6 Å². The number of nitrogens with zero attached hydrogens (tertiary/aromatic N) is 4. The first kappa shape index (κ1) is 21.0.